The maximum atomic E-state index is 12.7. The lowest BCUT2D eigenvalue weighted by molar-refractivity contribution is -0.137. The van der Waals surface area contributed by atoms with E-state index >= 15 is 0 Å². The highest BCUT2D eigenvalue weighted by Crippen LogP contribution is 2.34. The van der Waals surface area contributed by atoms with Crippen molar-refractivity contribution in [2.75, 3.05) is 18.4 Å². The van der Waals surface area contributed by atoms with E-state index in [0.29, 0.717) is 12.7 Å². The second kappa shape index (κ2) is 8.32. The molecule has 2 N–H and O–H groups in total. The summed E-state index contributed by atoms with van der Waals surface area (Å²) in [5, 5.41) is 12.3. The van der Waals surface area contributed by atoms with Crippen molar-refractivity contribution in [1.29, 1.82) is 0 Å². The molecule has 7 nitrogen and oxygen atoms in total. The zero-order valence-electron chi connectivity index (χ0n) is 13.9. The fourth-order valence-electron chi connectivity index (χ4n) is 1.96. The minimum absolute atomic E-state index is 0.0920. The number of aliphatic hydroxyl groups excluding tert-OH is 1. The van der Waals surface area contributed by atoms with Crippen LogP contribution in [0.2, 0.25) is 0 Å². The molecule has 0 fully saturated rings. The highest BCUT2D eigenvalue weighted by atomic mass is 32.1. The lowest BCUT2D eigenvalue weighted by atomic mass is 10.3. The molecule has 0 aliphatic heterocycles. The molecule has 1 atom stereocenters. The zero-order valence-corrected chi connectivity index (χ0v) is 14.8. The topological polar surface area (TPSA) is 87.6 Å². The Bertz CT molecular complexity index is 752. The molecular formula is C15H17F3N4O3S. The molecular weight excluding hydrogens is 373 g/mol. The van der Waals surface area contributed by atoms with Gasteiger partial charge in [-0.15, -0.1) is 0 Å². The standard InChI is InChI=1S/C15H17F3N4O3S/c1-3-22(8-9(2)23)14(24)21-13-20-7-12(26-13)25-11-4-10(5-19-6-11)15(16,17)18/h4-7,9,23H,3,8H2,1-2H3,(H,20,21,24)/t9-/m0/s1. The number of ether oxygens (including phenoxy) is 1. The molecule has 2 aromatic heterocycles. The van der Waals surface area contributed by atoms with Crippen LogP contribution in [0.4, 0.5) is 23.1 Å². The number of alkyl halides is 3. The summed E-state index contributed by atoms with van der Waals surface area (Å²) >= 11 is 0.953. The summed E-state index contributed by atoms with van der Waals surface area (Å²) in [5.41, 5.74) is -0.926. The average Bonchev–Trinajstić information content (AvgIpc) is 2.98. The average molecular weight is 390 g/mol. The third-order valence-electron chi connectivity index (χ3n) is 3.11. The maximum Gasteiger partial charge on any atom is 0.418 e. The first-order valence-electron chi connectivity index (χ1n) is 7.59. The Morgan fingerprint density at radius 2 is 2.15 bits per heavy atom. The Morgan fingerprint density at radius 3 is 2.77 bits per heavy atom. The largest absolute Gasteiger partial charge is 0.443 e. The van der Waals surface area contributed by atoms with Gasteiger partial charge >= 0.3 is 12.2 Å². The van der Waals surface area contributed by atoms with E-state index in [1.807, 2.05) is 0 Å². The van der Waals surface area contributed by atoms with Crippen LogP contribution in [0, 0.1) is 0 Å². The number of anilines is 1. The van der Waals surface area contributed by atoms with Crippen molar-refractivity contribution in [3.05, 3.63) is 30.2 Å². The molecule has 2 amide bonds. The Hall–Kier alpha value is -2.40. The number of rotatable bonds is 6. The predicted octanol–water partition coefficient (Wildman–Crippen LogP) is 3.58. The number of nitrogens with zero attached hydrogens (tertiary/aromatic N) is 3. The number of aromatic nitrogens is 2. The van der Waals surface area contributed by atoms with E-state index in [0.717, 1.165) is 23.6 Å². The number of amides is 2. The normalized spacial score (nSPS) is 12.5. The van der Waals surface area contributed by atoms with Crippen LogP contribution in [0.15, 0.2) is 24.7 Å². The van der Waals surface area contributed by atoms with Gasteiger partial charge in [0, 0.05) is 19.3 Å². The molecule has 0 saturated heterocycles. The number of thiazole rings is 1. The Balaban J connectivity index is 2.03. The van der Waals surface area contributed by atoms with E-state index in [1.54, 1.807) is 13.8 Å². The van der Waals surface area contributed by atoms with Crippen molar-refractivity contribution in [2.45, 2.75) is 26.1 Å². The summed E-state index contributed by atoms with van der Waals surface area (Å²) in [6.45, 7) is 3.88. The Kier molecular flexibility index (Phi) is 6.37. The molecule has 0 radical (unpaired) electrons. The molecule has 2 aromatic rings. The third-order valence-corrected chi connectivity index (χ3v) is 3.90. The van der Waals surface area contributed by atoms with Gasteiger partial charge in [-0.25, -0.2) is 9.78 Å². The summed E-state index contributed by atoms with van der Waals surface area (Å²) in [6.07, 6.45) is -2.07. The van der Waals surface area contributed by atoms with Crippen molar-refractivity contribution in [1.82, 2.24) is 14.9 Å². The second-order valence-electron chi connectivity index (χ2n) is 5.31. The fourth-order valence-corrected chi connectivity index (χ4v) is 2.63. The molecule has 11 heteroatoms. The zero-order chi connectivity index (χ0) is 19.3. The summed E-state index contributed by atoms with van der Waals surface area (Å²) in [5.74, 6) is -0.0920. The van der Waals surface area contributed by atoms with E-state index in [2.05, 4.69) is 15.3 Å². The maximum absolute atomic E-state index is 12.7. The smallest absolute Gasteiger partial charge is 0.418 e. The van der Waals surface area contributed by atoms with Gasteiger partial charge in [0.1, 0.15) is 5.75 Å². The first-order valence-corrected chi connectivity index (χ1v) is 8.40. The molecule has 0 unspecified atom stereocenters. The van der Waals surface area contributed by atoms with Gasteiger partial charge in [0.15, 0.2) is 5.13 Å². The summed E-state index contributed by atoms with van der Waals surface area (Å²) < 4.78 is 43.4. The number of halogens is 3. The van der Waals surface area contributed by atoms with E-state index in [-0.39, 0.29) is 22.5 Å². The van der Waals surface area contributed by atoms with E-state index in [4.69, 9.17) is 4.74 Å². The van der Waals surface area contributed by atoms with Crippen LogP contribution in [0.25, 0.3) is 0 Å². The van der Waals surface area contributed by atoms with Gasteiger partial charge in [0.2, 0.25) is 5.06 Å². The van der Waals surface area contributed by atoms with E-state index in [9.17, 15) is 23.1 Å². The quantitative estimate of drug-likeness (QED) is 0.787. The summed E-state index contributed by atoms with van der Waals surface area (Å²) in [6, 6.07) is 0.377. The minimum atomic E-state index is -4.52. The molecule has 0 bridgehead atoms. The molecule has 0 aromatic carbocycles. The van der Waals surface area contributed by atoms with Gasteiger partial charge in [-0.1, -0.05) is 11.3 Å². The molecule has 2 rings (SSSR count). The molecule has 142 valence electrons. The van der Waals surface area contributed by atoms with E-state index in [1.165, 1.54) is 11.1 Å². The number of aliphatic hydroxyl groups is 1. The molecule has 2 heterocycles. The first-order chi connectivity index (χ1) is 12.2. The van der Waals surface area contributed by atoms with Gasteiger partial charge in [-0.2, -0.15) is 13.2 Å². The monoisotopic (exact) mass is 390 g/mol. The Labute approximate surface area is 151 Å². The number of pyridine rings is 1. The molecule has 0 aliphatic rings. The number of carbonyl (C=O) groups is 1. The first kappa shape index (κ1) is 19.9. The van der Waals surface area contributed by atoms with Crippen LogP contribution in [-0.2, 0) is 6.18 Å². The lowest BCUT2D eigenvalue weighted by Gasteiger charge is -2.21. The Morgan fingerprint density at radius 1 is 1.42 bits per heavy atom. The highest BCUT2D eigenvalue weighted by molar-refractivity contribution is 7.17. The number of hydrogen-bond acceptors (Lipinski definition) is 6. The highest BCUT2D eigenvalue weighted by Gasteiger charge is 2.31. The number of likely N-dealkylation sites (N-methyl/N-ethyl adjacent to an activating group) is 1. The molecule has 26 heavy (non-hydrogen) atoms. The van der Waals surface area contributed by atoms with Gasteiger partial charge in [0.05, 0.1) is 24.1 Å². The lowest BCUT2D eigenvalue weighted by Crippen LogP contribution is -2.39. The molecule has 0 saturated carbocycles. The predicted molar refractivity (Wildman–Crippen MR) is 89.4 cm³/mol. The van der Waals surface area contributed by atoms with Gasteiger partial charge < -0.3 is 14.7 Å². The van der Waals surface area contributed by atoms with Gasteiger partial charge in [0.25, 0.3) is 0 Å². The third kappa shape index (κ3) is 5.56. The van der Waals surface area contributed by atoms with Crippen molar-refractivity contribution < 1.29 is 27.8 Å². The summed E-state index contributed by atoms with van der Waals surface area (Å²) in [4.78, 5) is 20.9. The van der Waals surface area contributed by atoms with Gasteiger partial charge in [-0.3, -0.25) is 10.3 Å². The molecule has 0 spiro atoms. The van der Waals surface area contributed by atoms with Crippen LogP contribution in [0.3, 0.4) is 0 Å². The van der Waals surface area contributed by atoms with Crippen molar-refractivity contribution in [3.8, 4) is 10.8 Å². The van der Waals surface area contributed by atoms with Crippen LogP contribution < -0.4 is 10.1 Å². The van der Waals surface area contributed by atoms with Crippen LogP contribution in [0.5, 0.6) is 10.8 Å². The van der Waals surface area contributed by atoms with Gasteiger partial charge in [-0.05, 0) is 19.9 Å². The second-order valence-corrected chi connectivity index (χ2v) is 6.30. The number of hydrogen-bond donors (Lipinski definition) is 2. The van der Waals surface area contributed by atoms with Crippen LogP contribution in [-0.4, -0.2) is 45.2 Å². The van der Waals surface area contributed by atoms with Crippen LogP contribution >= 0.6 is 11.3 Å². The number of carbonyl (C=O) groups excluding carboxylic acids is 1. The summed E-state index contributed by atoms with van der Waals surface area (Å²) in [7, 11) is 0. The van der Waals surface area contributed by atoms with Crippen LogP contribution in [0.1, 0.15) is 19.4 Å². The van der Waals surface area contributed by atoms with Crippen molar-refractivity contribution >= 4 is 22.5 Å². The minimum Gasteiger partial charge on any atom is -0.443 e. The fraction of sp³-hybridized carbons (Fsp3) is 0.400. The number of nitrogens with one attached hydrogen (secondary N) is 1. The molecule has 0 aliphatic carbocycles. The van der Waals surface area contributed by atoms with Crippen molar-refractivity contribution in [3.63, 3.8) is 0 Å². The van der Waals surface area contributed by atoms with Crippen molar-refractivity contribution in [2.24, 2.45) is 0 Å². The SMILES string of the molecule is CCN(C[C@H](C)O)C(=O)Nc1ncc(Oc2cncc(C(F)(F)F)c2)s1. The number of urea groups is 1. The van der Waals surface area contributed by atoms with E-state index < -0.39 is 23.9 Å².